The Labute approximate surface area is 158 Å². The second-order valence-corrected chi connectivity index (χ2v) is 10.2. The van der Waals surface area contributed by atoms with Crippen molar-refractivity contribution in [3.05, 3.63) is 29.8 Å². The lowest BCUT2D eigenvalue weighted by Gasteiger charge is -2.45. The average molecular weight is 381 g/mol. The van der Waals surface area contributed by atoms with Crippen LogP contribution in [0.4, 0.5) is 0 Å². The fourth-order valence-corrected chi connectivity index (χ4v) is 6.36. The van der Waals surface area contributed by atoms with E-state index in [1.165, 1.54) is 6.42 Å². The minimum atomic E-state index is -3.68. The van der Waals surface area contributed by atoms with Crippen LogP contribution < -0.4 is 0 Å². The van der Waals surface area contributed by atoms with E-state index in [1.54, 1.807) is 24.3 Å². The molecular formula is C21H32O4S. The van der Waals surface area contributed by atoms with Crippen molar-refractivity contribution in [3.8, 4) is 0 Å². The van der Waals surface area contributed by atoms with Gasteiger partial charge in [0.1, 0.15) is 0 Å². The van der Waals surface area contributed by atoms with Gasteiger partial charge in [-0.1, -0.05) is 38.0 Å². The summed E-state index contributed by atoms with van der Waals surface area (Å²) in [5, 5.41) is 10.4. The molecule has 5 atom stereocenters. The number of hydrogen-bond donors (Lipinski definition) is 1. The Hall–Kier alpha value is -0.910. The van der Waals surface area contributed by atoms with Crippen molar-refractivity contribution in [2.24, 2.45) is 23.2 Å². The molecule has 2 aliphatic carbocycles. The highest BCUT2D eigenvalue weighted by Crippen LogP contribution is 2.58. The van der Waals surface area contributed by atoms with Gasteiger partial charge in [-0.05, 0) is 74.3 Å². The van der Waals surface area contributed by atoms with Crippen LogP contribution in [-0.4, -0.2) is 26.2 Å². The van der Waals surface area contributed by atoms with Crippen molar-refractivity contribution >= 4 is 10.1 Å². The molecule has 1 aromatic carbocycles. The van der Waals surface area contributed by atoms with Crippen LogP contribution in [0, 0.1) is 30.1 Å². The van der Waals surface area contributed by atoms with Gasteiger partial charge in [0.25, 0.3) is 10.1 Å². The highest BCUT2D eigenvalue weighted by atomic mass is 32.2. The van der Waals surface area contributed by atoms with Gasteiger partial charge in [-0.3, -0.25) is 4.18 Å². The van der Waals surface area contributed by atoms with Crippen LogP contribution in [0.25, 0.3) is 0 Å². The van der Waals surface area contributed by atoms with E-state index in [9.17, 15) is 13.5 Å². The quantitative estimate of drug-likeness (QED) is 0.747. The Morgan fingerprint density at radius 3 is 2.62 bits per heavy atom. The van der Waals surface area contributed by atoms with Crippen LogP contribution in [-0.2, 0) is 14.3 Å². The lowest BCUT2D eigenvalue weighted by atomic mass is 9.61. The summed E-state index contributed by atoms with van der Waals surface area (Å²) in [7, 11) is -3.68. The molecule has 1 N–H and O–H groups in total. The summed E-state index contributed by atoms with van der Waals surface area (Å²) in [5.41, 5.74) is 1.21. The molecule has 0 heterocycles. The zero-order valence-electron chi connectivity index (χ0n) is 16.1. The molecule has 26 heavy (non-hydrogen) atoms. The summed E-state index contributed by atoms with van der Waals surface area (Å²) >= 11 is 0. The molecule has 2 saturated carbocycles. The lowest BCUT2D eigenvalue weighted by molar-refractivity contribution is -0.0284. The molecule has 0 amide bonds. The molecule has 0 radical (unpaired) electrons. The molecule has 1 unspecified atom stereocenters. The fourth-order valence-electron chi connectivity index (χ4n) is 5.44. The van der Waals surface area contributed by atoms with Gasteiger partial charge in [0.15, 0.2) is 0 Å². The van der Waals surface area contributed by atoms with Gasteiger partial charge in [-0.2, -0.15) is 8.42 Å². The Morgan fingerprint density at radius 1 is 1.23 bits per heavy atom. The van der Waals surface area contributed by atoms with E-state index in [2.05, 4.69) is 13.8 Å². The highest BCUT2D eigenvalue weighted by Gasteiger charge is 2.52. The number of benzene rings is 1. The van der Waals surface area contributed by atoms with E-state index in [0.717, 1.165) is 37.7 Å². The molecule has 146 valence electrons. The molecule has 0 aromatic heterocycles. The van der Waals surface area contributed by atoms with Crippen LogP contribution in [0.2, 0.25) is 0 Å². The van der Waals surface area contributed by atoms with Crippen LogP contribution in [0.1, 0.15) is 57.9 Å². The smallest absolute Gasteiger partial charge is 0.296 e. The molecule has 0 aliphatic heterocycles. The largest absolute Gasteiger partial charge is 0.393 e. The van der Waals surface area contributed by atoms with Gasteiger partial charge >= 0.3 is 0 Å². The fraction of sp³-hybridized carbons (Fsp3) is 0.714. The molecule has 4 nitrogen and oxygen atoms in total. The number of aryl methyl sites for hydroxylation is 1. The highest BCUT2D eigenvalue weighted by molar-refractivity contribution is 7.86. The van der Waals surface area contributed by atoms with Gasteiger partial charge in [0.05, 0.1) is 17.6 Å². The van der Waals surface area contributed by atoms with Crippen LogP contribution >= 0.6 is 0 Å². The molecular weight excluding hydrogens is 348 g/mol. The standard InChI is InChI=1S/C21H32O4S/c1-15-6-8-17(9-7-15)26(23,24)25-14-12-16(2)18-10-11-19-20(22)5-4-13-21(18,19)3/h6-9,16,18-20,22H,4-5,10-14H2,1-3H3/t16-,18-,19?,20+,21-/m1/s1. The molecule has 3 rings (SSSR count). The van der Waals surface area contributed by atoms with E-state index in [4.69, 9.17) is 4.18 Å². The van der Waals surface area contributed by atoms with Gasteiger partial charge in [-0.15, -0.1) is 0 Å². The van der Waals surface area contributed by atoms with Crippen LogP contribution in [0.5, 0.6) is 0 Å². The molecule has 2 fully saturated rings. The number of aliphatic hydroxyl groups is 1. The summed E-state index contributed by atoms with van der Waals surface area (Å²) in [6.45, 7) is 6.69. The van der Waals surface area contributed by atoms with Gasteiger partial charge in [-0.25, -0.2) is 0 Å². The summed E-state index contributed by atoms with van der Waals surface area (Å²) in [4.78, 5) is 0.221. The number of fused-ring (bicyclic) bond motifs is 1. The van der Waals surface area contributed by atoms with E-state index < -0.39 is 10.1 Å². The maximum atomic E-state index is 12.3. The Bertz CT molecular complexity index is 712. The number of aliphatic hydroxyl groups excluding tert-OH is 1. The zero-order valence-corrected chi connectivity index (χ0v) is 17.0. The van der Waals surface area contributed by atoms with Gasteiger partial charge < -0.3 is 5.11 Å². The van der Waals surface area contributed by atoms with Gasteiger partial charge in [0.2, 0.25) is 0 Å². The summed E-state index contributed by atoms with van der Waals surface area (Å²) in [6, 6.07) is 6.76. The SMILES string of the molecule is Cc1ccc(S(=O)(=O)OCC[C@@H](C)[C@H]2CCC3[C@@H](O)CCC[C@@]32C)cc1. The summed E-state index contributed by atoms with van der Waals surface area (Å²) in [5.74, 6) is 1.33. The minimum absolute atomic E-state index is 0.163. The maximum Gasteiger partial charge on any atom is 0.296 e. The van der Waals surface area contributed by atoms with E-state index in [-0.39, 0.29) is 23.0 Å². The van der Waals surface area contributed by atoms with E-state index in [0.29, 0.717) is 17.8 Å². The number of rotatable bonds is 6. The first-order chi connectivity index (χ1) is 12.2. The van der Waals surface area contributed by atoms with E-state index in [1.807, 2.05) is 6.92 Å². The molecule has 5 heteroatoms. The molecule has 1 aromatic rings. The first-order valence-electron chi connectivity index (χ1n) is 9.88. The third-order valence-electron chi connectivity index (χ3n) is 6.97. The first-order valence-corrected chi connectivity index (χ1v) is 11.3. The maximum absolute atomic E-state index is 12.3. The minimum Gasteiger partial charge on any atom is -0.393 e. The molecule has 0 bridgehead atoms. The normalized spacial score (nSPS) is 33.0. The topological polar surface area (TPSA) is 63.6 Å². The van der Waals surface area contributed by atoms with Crippen LogP contribution in [0.15, 0.2) is 29.2 Å². The second-order valence-electron chi connectivity index (χ2n) is 8.61. The third-order valence-corrected chi connectivity index (χ3v) is 8.30. The Balaban J connectivity index is 1.57. The number of hydrogen-bond acceptors (Lipinski definition) is 4. The van der Waals surface area contributed by atoms with Crippen molar-refractivity contribution in [2.45, 2.75) is 70.3 Å². The molecule has 0 saturated heterocycles. The second kappa shape index (κ2) is 7.61. The predicted molar refractivity (Wildman–Crippen MR) is 102 cm³/mol. The van der Waals surface area contributed by atoms with Crippen molar-refractivity contribution in [3.63, 3.8) is 0 Å². The van der Waals surface area contributed by atoms with Gasteiger partial charge in [0, 0.05) is 0 Å². The summed E-state index contributed by atoms with van der Waals surface area (Å²) < 4.78 is 29.9. The Kier molecular flexibility index (Phi) is 5.80. The predicted octanol–water partition coefficient (Wildman–Crippen LogP) is 4.30. The monoisotopic (exact) mass is 380 g/mol. The van der Waals surface area contributed by atoms with Crippen molar-refractivity contribution < 1.29 is 17.7 Å². The Morgan fingerprint density at radius 2 is 1.92 bits per heavy atom. The zero-order chi connectivity index (χ0) is 18.9. The van der Waals surface area contributed by atoms with Crippen molar-refractivity contribution in [2.75, 3.05) is 6.61 Å². The average Bonchev–Trinajstić information content (AvgIpc) is 2.93. The first kappa shape index (κ1) is 19.8. The van der Waals surface area contributed by atoms with E-state index >= 15 is 0 Å². The molecule has 2 aliphatic rings. The third kappa shape index (κ3) is 3.85. The van der Waals surface area contributed by atoms with Crippen molar-refractivity contribution in [1.82, 2.24) is 0 Å². The summed E-state index contributed by atoms with van der Waals surface area (Å²) in [6.07, 6.45) is 5.98. The molecule has 0 spiro atoms. The van der Waals surface area contributed by atoms with Crippen LogP contribution in [0.3, 0.4) is 0 Å². The van der Waals surface area contributed by atoms with Crippen molar-refractivity contribution in [1.29, 1.82) is 0 Å². The lowest BCUT2D eigenvalue weighted by Crippen LogP contribution is -2.41.